The van der Waals surface area contributed by atoms with Gasteiger partial charge >= 0.3 is 0 Å². The first-order valence-corrected chi connectivity index (χ1v) is 10.8. The van der Waals surface area contributed by atoms with Crippen LogP contribution in [0.4, 0.5) is 5.69 Å². The van der Waals surface area contributed by atoms with E-state index < -0.39 is 10.0 Å². The minimum Gasteiger partial charge on any atom is -0.493 e. The lowest BCUT2D eigenvalue weighted by Crippen LogP contribution is -3.12. The van der Waals surface area contributed by atoms with Gasteiger partial charge in [-0.05, 0) is 56.3 Å². The van der Waals surface area contributed by atoms with Crippen molar-refractivity contribution in [1.82, 2.24) is 0 Å². The molecule has 29 heavy (non-hydrogen) atoms. The summed E-state index contributed by atoms with van der Waals surface area (Å²) in [5.41, 5.74) is 1.52. The van der Waals surface area contributed by atoms with Crippen molar-refractivity contribution in [3.63, 3.8) is 0 Å². The molecule has 0 saturated heterocycles. The number of carbonyl (C=O) groups is 1. The van der Waals surface area contributed by atoms with Crippen LogP contribution in [0.25, 0.3) is 0 Å². The predicted octanol–water partition coefficient (Wildman–Crippen LogP) is 0.783. The van der Waals surface area contributed by atoms with Gasteiger partial charge < -0.3 is 19.7 Å². The summed E-state index contributed by atoms with van der Waals surface area (Å²) in [5, 5.41) is 7.88. The number of sulfonamides is 1. The number of rotatable bonds is 9. The van der Waals surface area contributed by atoms with Gasteiger partial charge in [0.2, 0.25) is 10.0 Å². The third-order valence-electron chi connectivity index (χ3n) is 4.59. The van der Waals surface area contributed by atoms with E-state index in [9.17, 15) is 13.2 Å². The van der Waals surface area contributed by atoms with Gasteiger partial charge in [0.15, 0.2) is 17.5 Å². The molecule has 0 aliphatic carbocycles. The Labute approximate surface area is 171 Å². The van der Waals surface area contributed by atoms with E-state index in [1.807, 2.05) is 39.1 Å². The van der Waals surface area contributed by atoms with Crippen LogP contribution in [0.15, 0.2) is 47.4 Å². The lowest BCUT2D eigenvalue weighted by Gasteiger charge is -2.21. The smallest absolute Gasteiger partial charge is 0.282 e. The van der Waals surface area contributed by atoms with Crippen LogP contribution in [0.2, 0.25) is 0 Å². The van der Waals surface area contributed by atoms with Crippen LogP contribution in [-0.4, -0.2) is 41.1 Å². The molecule has 4 N–H and O–H groups in total. The van der Waals surface area contributed by atoms with Gasteiger partial charge in [-0.1, -0.05) is 0 Å². The molecule has 0 radical (unpaired) electrons. The fourth-order valence-electron chi connectivity index (χ4n) is 2.77. The number of likely N-dealkylation sites (N-methyl/N-ethyl adjacent to an activating group) is 1. The standard InChI is InChI=1S/C20H27N3O5S/c1-5-28-18-11-6-15(12-19(18)27-4)13-23(3)14(2)20(24)22-16-7-9-17(10-8-16)29(21,25)26/h6-12,14H,5,13H2,1-4H3,(H,22,24)(H2,21,25,26)/p+1/t14-/m0/s1. The average Bonchev–Trinajstić information content (AvgIpc) is 2.68. The maximum Gasteiger partial charge on any atom is 0.282 e. The van der Waals surface area contributed by atoms with Crippen LogP contribution < -0.4 is 24.8 Å². The highest BCUT2D eigenvalue weighted by molar-refractivity contribution is 7.89. The molecule has 0 spiro atoms. The van der Waals surface area contributed by atoms with Crippen molar-refractivity contribution in [2.24, 2.45) is 5.14 Å². The number of hydrogen-bond acceptors (Lipinski definition) is 5. The summed E-state index contributed by atoms with van der Waals surface area (Å²) in [7, 11) is -0.241. The Bertz CT molecular complexity index is 945. The number of primary sulfonamides is 1. The molecule has 0 aromatic heterocycles. The zero-order chi connectivity index (χ0) is 21.6. The number of amides is 1. The molecule has 0 aliphatic heterocycles. The summed E-state index contributed by atoms with van der Waals surface area (Å²) >= 11 is 0. The lowest BCUT2D eigenvalue weighted by atomic mass is 10.1. The van der Waals surface area contributed by atoms with Crippen LogP contribution in [0.1, 0.15) is 19.4 Å². The number of methoxy groups -OCH3 is 1. The zero-order valence-corrected chi connectivity index (χ0v) is 17.9. The third-order valence-corrected chi connectivity index (χ3v) is 5.52. The first-order chi connectivity index (χ1) is 13.7. The van der Waals surface area contributed by atoms with Crippen LogP contribution in [0.5, 0.6) is 11.5 Å². The molecule has 0 heterocycles. The molecule has 9 heteroatoms. The molecule has 2 aromatic carbocycles. The Morgan fingerprint density at radius 1 is 1.17 bits per heavy atom. The number of carbonyl (C=O) groups excluding carboxylic acids is 1. The third kappa shape index (κ3) is 6.18. The number of ether oxygens (including phenoxy) is 2. The van der Waals surface area contributed by atoms with Gasteiger partial charge in [0.1, 0.15) is 6.54 Å². The van der Waals surface area contributed by atoms with Gasteiger partial charge in [-0.2, -0.15) is 0 Å². The van der Waals surface area contributed by atoms with E-state index in [1.54, 1.807) is 7.11 Å². The van der Waals surface area contributed by atoms with E-state index in [2.05, 4.69) is 5.32 Å². The predicted molar refractivity (Wildman–Crippen MR) is 111 cm³/mol. The van der Waals surface area contributed by atoms with E-state index in [-0.39, 0.29) is 16.8 Å². The molecule has 2 rings (SSSR count). The van der Waals surface area contributed by atoms with Crippen LogP contribution in [0, 0.1) is 0 Å². The molecule has 2 atom stereocenters. The number of quaternary nitrogens is 1. The topological polar surface area (TPSA) is 112 Å². The van der Waals surface area contributed by atoms with E-state index in [0.717, 1.165) is 10.5 Å². The average molecular weight is 423 g/mol. The maximum absolute atomic E-state index is 12.6. The molecule has 1 amide bonds. The van der Waals surface area contributed by atoms with Crippen molar-refractivity contribution in [2.75, 3.05) is 26.1 Å². The van der Waals surface area contributed by atoms with E-state index in [1.165, 1.54) is 24.3 Å². The minimum atomic E-state index is -3.76. The minimum absolute atomic E-state index is 0.00395. The molecular weight excluding hydrogens is 394 g/mol. The SMILES string of the molecule is CCOc1ccc(C[NH+](C)[C@@H](C)C(=O)Nc2ccc(S(N)(=O)=O)cc2)cc1OC. The molecular formula is C20H28N3O5S+. The largest absolute Gasteiger partial charge is 0.493 e. The van der Waals surface area contributed by atoms with Crippen molar-refractivity contribution in [2.45, 2.75) is 31.3 Å². The van der Waals surface area contributed by atoms with E-state index in [4.69, 9.17) is 14.6 Å². The molecule has 0 saturated carbocycles. The Morgan fingerprint density at radius 2 is 1.83 bits per heavy atom. The second-order valence-corrected chi connectivity index (χ2v) is 8.28. The summed E-state index contributed by atoms with van der Waals surface area (Å²) in [5.74, 6) is 1.16. The quantitative estimate of drug-likeness (QED) is 0.553. The van der Waals surface area contributed by atoms with Gasteiger partial charge in [-0.15, -0.1) is 0 Å². The van der Waals surface area contributed by atoms with Crippen LogP contribution >= 0.6 is 0 Å². The van der Waals surface area contributed by atoms with E-state index in [0.29, 0.717) is 30.3 Å². The summed E-state index contributed by atoms with van der Waals surface area (Å²) in [6.07, 6.45) is 0. The highest BCUT2D eigenvalue weighted by Gasteiger charge is 2.22. The Morgan fingerprint density at radius 3 is 2.38 bits per heavy atom. The van der Waals surface area contributed by atoms with E-state index >= 15 is 0 Å². The fourth-order valence-corrected chi connectivity index (χ4v) is 3.29. The summed E-state index contributed by atoms with van der Waals surface area (Å²) in [4.78, 5) is 13.5. The Hall–Kier alpha value is -2.62. The molecule has 158 valence electrons. The van der Waals surface area contributed by atoms with Crippen molar-refractivity contribution in [3.8, 4) is 11.5 Å². The number of nitrogens with one attached hydrogen (secondary N) is 2. The molecule has 1 unspecified atom stereocenters. The van der Waals surface area contributed by atoms with Gasteiger partial charge in [0.25, 0.3) is 5.91 Å². The highest BCUT2D eigenvalue weighted by Crippen LogP contribution is 2.27. The second kappa shape index (κ2) is 9.73. The maximum atomic E-state index is 12.6. The van der Waals surface area contributed by atoms with Crippen molar-refractivity contribution in [1.29, 1.82) is 0 Å². The van der Waals surface area contributed by atoms with Crippen molar-refractivity contribution < 1.29 is 27.6 Å². The lowest BCUT2D eigenvalue weighted by molar-refractivity contribution is -0.907. The molecule has 0 bridgehead atoms. The molecule has 8 nitrogen and oxygen atoms in total. The molecule has 0 aliphatic rings. The first-order valence-electron chi connectivity index (χ1n) is 9.21. The van der Waals surface area contributed by atoms with Crippen LogP contribution in [-0.2, 0) is 21.4 Å². The van der Waals surface area contributed by atoms with Gasteiger partial charge in [0.05, 0.1) is 25.7 Å². The number of benzene rings is 2. The molecule has 0 fully saturated rings. The number of anilines is 1. The number of hydrogen-bond donors (Lipinski definition) is 3. The summed E-state index contributed by atoms with van der Waals surface area (Å²) in [6.45, 7) is 4.90. The van der Waals surface area contributed by atoms with Gasteiger partial charge in [-0.25, -0.2) is 13.6 Å². The summed E-state index contributed by atoms with van der Waals surface area (Å²) < 4.78 is 33.5. The van der Waals surface area contributed by atoms with Crippen molar-refractivity contribution in [3.05, 3.63) is 48.0 Å². The monoisotopic (exact) mass is 422 g/mol. The molecule has 2 aromatic rings. The second-order valence-electron chi connectivity index (χ2n) is 6.72. The van der Waals surface area contributed by atoms with Crippen molar-refractivity contribution >= 4 is 21.6 Å². The Balaban J connectivity index is 2.02. The normalized spacial score (nSPS) is 13.4. The van der Waals surface area contributed by atoms with Gasteiger partial charge in [-0.3, -0.25) is 4.79 Å². The Kier molecular flexibility index (Phi) is 7.60. The first kappa shape index (κ1) is 22.7. The number of nitrogens with two attached hydrogens (primary N) is 1. The highest BCUT2D eigenvalue weighted by atomic mass is 32.2. The van der Waals surface area contributed by atoms with Crippen LogP contribution in [0.3, 0.4) is 0 Å². The zero-order valence-electron chi connectivity index (χ0n) is 17.1. The van der Waals surface area contributed by atoms with Gasteiger partial charge in [0, 0.05) is 11.3 Å². The summed E-state index contributed by atoms with van der Waals surface area (Å²) in [6, 6.07) is 11.1. The fraction of sp³-hybridized carbons (Fsp3) is 0.350.